The number of carbonyl (C=O) groups excluding carboxylic acids is 1. The lowest BCUT2D eigenvalue weighted by Crippen LogP contribution is -2.46. The lowest BCUT2D eigenvalue weighted by Gasteiger charge is -2.23. The number of nitrogens with zero attached hydrogens (tertiary/aromatic N) is 1. The third-order valence-electron chi connectivity index (χ3n) is 4.78. The highest BCUT2D eigenvalue weighted by Crippen LogP contribution is 2.27. The van der Waals surface area contributed by atoms with E-state index >= 15 is 0 Å². The van der Waals surface area contributed by atoms with Crippen molar-refractivity contribution in [2.24, 2.45) is 0 Å². The summed E-state index contributed by atoms with van der Waals surface area (Å²) in [6.07, 6.45) is 2.53. The van der Waals surface area contributed by atoms with Crippen LogP contribution >= 0.6 is 11.6 Å². The Balaban J connectivity index is 1.56. The minimum atomic E-state index is -3.75. The van der Waals surface area contributed by atoms with Gasteiger partial charge in [0.05, 0.1) is 4.90 Å². The molecular formula is C20H22ClFN2O3S. The average molecular weight is 425 g/mol. The van der Waals surface area contributed by atoms with E-state index < -0.39 is 16.1 Å². The summed E-state index contributed by atoms with van der Waals surface area (Å²) in [6, 6.07) is 11.5. The molecule has 0 saturated carbocycles. The van der Waals surface area contributed by atoms with Crippen molar-refractivity contribution in [1.82, 2.24) is 9.62 Å². The first-order valence-electron chi connectivity index (χ1n) is 9.17. The second kappa shape index (κ2) is 9.03. The largest absolute Gasteiger partial charge is 0.355 e. The summed E-state index contributed by atoms with van der Waals surface area (Å²) in [5.74, 6) is -0.561. The van der Waals surface area contributed by atoms with E-state index in [9.17, 15) is 17.6 Å². The van der Waals surface area contributed by atoms with Crippen LogP contribution in [0.5, 0.6) is 0 Å². The lowest BCUT2D eigenvalue weighted by atomic mass is 10.1. The summed E-state index contributed by atoms with van der Waals surface area (Å²) in [7, 11) is -3.75. The van der Waals surface area contributed by atoms with Gasteiger partial charge in [0.2, 0.25) is 15.9 Å². The molecule has 1 saturated heterocycles. The van der Waals surface area contributed by atoms with E-state index in [1.807, 2.05) is 0 Å². The van der Waals surface area contributed by atoms with Gasteiger partial charge in [-0.2, -0.15) is 4.31 Å². The number of sulfonamides is 1. The van der Waals surface area contributed by atoms with Crippen molar-refractivity contribution >= 4 is 27.5 Å². The molecule has 1 amide bonds. The number of benzene rings is 2. The van der Waals surface area contributed by atoms with Crippen molar-refractivity contribution in [1.29, 1.82) is 0 Å². The lowest BCUT2D eigenvalue weighted by molar-refractivity contribution is -0.124. The Kier molecular flexibility index (Phi) is 6.69. The van der Waals surface area contributed by atoms with E-state index in [0.29, 0.717) is 43.8 Å². The van der Waals surface area contributed by atoms with Crippen LogP contribution < -0.4 is 5.32 Å². The van der Waals surface area contributed by atoms with E-state index in [1.165, 1.54) is 40.7 Å². The van der Waals surface area contributed by atoms with Gasteiger partial charge in [0.15, 0.2) is 0 Å². The third-order valence-corrected chi connectivity index (χ3v) is 6.96. The number of hydrogen-bond donors (Lipinski definition) is 1. The van der Waals surface area contributed by atoms with Gasteiger partial charge in [-0.15, -0.1) is 0 Å². The van der Waals surface area contributed by atoms with Crippen LogP contribution in [0.2, 0.25) is 5.02 Å². The third kappa shape index (κ3) is 4.90. The summed E-state index contributed by atoms with van der Waals surface area (Å²) in [4.78, 5) is 12.7. The molecular weight excluding hydrogens is 403 g/mol. The van der Waals surface area contributed by atoms with E-state index in [-0.39, 0.29) is 16.6 Å². The van der Waals surface area contributed by atoms with Gasteiger partial charge in [0.1, 0.15) is 11.9 Å². The molecule has 0 bridgehead atoms. The Bertz CT molecular complexity index is 917. The van der Waals surface area contributed by atoms with Crippen LogP contribution in [0.25, 0.3) is 0 Å². The second-order valence-electron chi connectivity index (χ2n) is 6.75. The van der Waals surface area contributed by atoms with E-state index in [4.69, 9.17) is 11.6 Å². The Hall–Kier alpha value is -1.96. The zero-order chi connectivity index (χ0) is 20.1. The molecule has 0 aliphatic carbocycles. The molecule has 0 aromatic heterocycles. The first-order chi connectivity index (χ1) is 13.4. The fourth-order valence-electron chi connectivity index (χ4n) is 3.30. The quantitative estimate of drug-likeness (QED) is 0.693. The van der Waals surface area contributed by atoms with Gasteiger partial charge >= 0.3 is 0 Å². The van der Waals surface area contributed by atoms with Crippen molar-refractivity contribution < 1.29 is 17.6 Å². The second-order valence-corrected chi connectivity index (χ2v) is 9.08. The van der Waals surface area contributed by atoms with Gasteiger partial charge in [-0.1, -0.05) is 23.7 Å². The molecule has 150 valence electrons. The molecule has 1 fully saturated rings. The van der Waals surface area contributed by atoms with Gasteiger partial charge in [0.25, 0.3) is 0 Å². The molecule has 1 heterocycles. The zero-order valence-electron chi connectivity index (χ0n) is 15.3. The number of rotatable bonds is 7. The molecule has 5 nitrogen and oxygen atoms in total. The topological polar surface area (TPSA) is 66.5 Å². The van der Waals surface area contributed by atoms with Crippen LogP contribution in [0.1, 0.15) is 24.8 Å². The first-order valence-corrected chi connectivity index (χ1v) is 11.0. The monoisotopic (exact) mass is 424 g/mol. The molecule has 0 radical (unpaired) electrons. The van der Waals surface area contributed by atoms with Crippen LogP contribution in [-0.2, 0) is 21.2 Å². The number of hydrogen-bond acceptors (Lipinski definition) is 3. The van der Waals surface area contributed by atoms with Gasteiger partial charge in [-0.25, -0.2) is 12.8 Å². The summed E-state index contributed by atoms with van der Waals surface area (Å²) in [5.41, 5.74) is 0.989. The summed E-state index contributed by atoms with van der Waals surface area (Å²) in [5, 5.41) is 3.28. The standard InChI is InChI=1S/C20H22ClFN2O3S/c21-16-7-11-18(12-8-16)28(26,27)24-14-2-4-19(24)20(25)23-13-1-3-15-5-9-17(22)10-6-15/h5-12,19H,1-4,13-14H2,(H,23,25). The van der Waals surface area contributed by atoms with E-state index in [0.717, 1.165) is 5.56 Å². The van der Waals surface area contributed by atoms with Crippen molar-refractivity contribution in [3.63, 3.8) is 0 Å². The fraction of sp³-hybridized carbons (Fsp3) is 0.350. The maximum Gasteiger partial charge on any atom is 0.243 e. The summed E-state index contributed by atoms with van der Waals surface area (Å²) in [6.45, 7) is 0.750. The molecule has 0 spiro atoms. The maximum atomic E-state index is 12.9. The highest BCUT2D eigenvalue weighted by molar-refractivity contribution is 7.89. The van der Waals surface area contributed by atoms with Crippen molar-refractivity contribution in [3.8, 4) is 0 Å². The number of halogens is 2. The van der Waals surface area contributed by atoms with Crippen molar-refractivity contribution in [2.75, 3.05) is 13.1 Å². The minimum Gasteiger partial charge on any atom is -0.355 e. The average Bonchev–Trinajstić information content (AvgIpc) is 3.18. The molecule has 3 rings (SSSR count). The Morgan fingerprint density at radius 1 is 1.14 bits per heavy atom. The van der Waals surface area contributed by atoms with Crippen LogP contribution in [0.4, 0.5) is 4.39 Å². The Morgan fingerprint density at radius 2 is 1.82 bits per heavy atom. The normalized spacial score (nSPS) is 17.6. The molecule has 1 aliphatic rings. The van der Waals surface area contributed by atoms with Crippen LogP contribution in [0.3, 0.4) is 0 Å². The Labute approximate surface area is 169 Å². The predicted molar refractivity (Wildman–Crippen MR) is 106 cm³/mol. The highest BCUT2D eigenvalue weighted by Gasteiger charge is 2.39. The van der Waals surface area contributed by atoms with E-state index in [1.54, 1.807) is 12.1 Å². The molecule has 2 aromatic carbocycles. The zero-order valence-corrected chi connectivity index (χ0v) is 16.8. The molecule has 1 atom stereocenters. The molecule has 1 aliphatic heterocycles. The van der Waals surface area contributed by atoms with Crippen molar-refractivity contribution in [3.05, 3.63) is 64.9 Å². The molecule has 2 aromatic rings. The van der Waals surface area contributed by atoms with Crippen LogP contribution in [0, 0.1) is 5.82 Å². The molecule has 1 N–H and O–H groups in total. The van der Waals surface area contributed by atoms with Gasteiger partial charge in [0, 0.05) is 18.1 Å². The Morgan fingerprint density at radius 3 is 2.50 bits per heavy atom. The van der Waals surface area contributed by atoms with Crippen LogP contribution in [-0.4, -0.2) is 37.8 Å². The predicted octanol–water partition coefficient (Wildman–Crippen LogP) is 3.38. The minimum absolute atomic E-state index is 0.132. The fourth-order valence-corrected chi connectivity index (χ4v) is 5.09. The number of nitrogens with one attached hydrogen (secondary N) is 1. The first kappa shape index (κ1) is 20.8. The van der Waals surface area contributed by atoms with Gasteiger partial charge < -0.3 is 5.32 Å². The van der Waals surface area contributed by atoms with Gasteiger partial charge in [-0.05, 0) is 67.6 Å². The number of carbonyl (C=O) groups is 1. The smallest absolute Gasteiger partial charge is 0.243 e. The van der Waals surface area contributed by atoms with Crippen LogP contribution in [0.15, 0.2) is 53.4 Å². The number of aryl methyl sites for hydroxylation is 1. The van der Waals surface area contributed by atoms with Gasteiger partial charge in [-0.3, -0.25) is 4.79 Å². The summed E-state index contributed by atoms with van der Waals surface area (Å²) < 4.78 is 39.9. The van der Waals surface area contributed by atoms with E-state index in [2.05, 4.69) is 5.32 Å². The highest BCUT2D eigenvalue weighted by atomic mass is 35.5. The molecule has 8 heteroatoms. The SMILES string of the molecule is O=C(NCCCc1ccc(F)cc1)C1CCCN1S(=O)(=O)c1ccc(Cl)cc1. The molecule has 28 heavy (non-hydrogen) atoms. The molecule has 1 unspecified atom stereocenters. The number of amides is 1. The summed E-state index contributed by atoms with van der Waals surface area (Å²) >= 11 is 5.83. The van der Waals surface area contributed by atoms with Crippen molar-refractivity contribution in [2.45, 2.75) is 36.6 Å². The maximum absolute atomic E-state index is 12.9.